The van der Waals surface area contributed by atoms with Crippen molar-refractivity contribution in [3.8, 4) is 0 Å². The van der Waals surface area contributed by atoms with Crippen molar-refractivity contribution in [3.05, 3.63) is 88.4 Å². The lowest BCUT2D eigenvalue weighted by Crippen LogP contribution is -2.42. The van der Waals surface area contributed by atoms with Gasteiger partial charge in [-0.1, -0.05) is 48.0 Å². The fourth-order valence-electron chi connectivity index (χ4n) is 3.29. The molecule has 0 saturated carbocycles. The Morgan fingerprint density at radius 2 is 1.37 bits per heavy atom. The molecule has 35 heavy (non-hydrogen) atoms. The lowest BCUT2D eigenvalue weighted by Gasteiger charge is -2.11. The fraction of sp³-hybridized carbons (Fsp3) is 0.160. The number of halogens is 1. The van der Waals surface area contributed by atoms with Gasteiger partial charge in [0.1, 0.15) is 0 Å². The molecule has 3 aromatic carbocycles. The Morgan fingerprint density at radius 1 is 0.857 bits per heavy atom. The molecule has 0 saturated heterocycles. The van der Waals surface area contributed by atoms with Gasteiger partial charge in [0.15, 0.2) is 0 Å². The van der Waals surface area contributed by atoms with Crippen molar-refractivity contribution < 1.29 is 33.6 Å². The van der Waals surface area contributed by atoms with Gasteiger partial charge in [-0.05, 0) is 46.8 Å². The molecule has 0 aromatic heterocycles. The second kappa shape index (κ2) is 12.1. The summed E-state index contributed by atoms with van der Waals surface area (Å²) in [5.74, 6) is -1.34. The van der Waals surface area contributed by atoms with Crippen molar-refractivity contribution in [1.29, 1.82) is 0 Å². The third-order valence-corrected chi connectivity index (χ3v) is 5.38. The highest BCUT2D eigenvalue weighted by Gasteiger charge is 2.17. The number of benzene rings is 3. The van der Waals surface area contributed by atoms with Crippen LogP contribution in [0.4, 0.5) is 10.5 Å². The zero-order valence-corrected chi connectivity index (χ0v) is 19.9. The molecule has 0 radical (unpaired) electrons. The summed E-state index contributed by atoms with van der Waals surface area (Å²) in [5.41, 5.74) is 2.69. The van der Waals surface area contributed by atoms with Crippen LogP contribution < -0.4 is 16.2 Å². The molecule has 0 atom stereocenters. The van der Waals surface area contributed by atoms with E-state index in [1.165, 1.54) is 32.4 Å². The molecule has 0 unspecified atom stereocenters. The van der Waals surface area contributed by atoms with E-state index >= 15 is 0 Å². The van der Waals surface area contributed by atoms with Crippen LogP contribution >= 0.6 is 11.6 Å². The van der Waals surface area contributed by atoms with Crippen LogP contribution in [0.15, 0.2) is 66.7 Å². The van der Waals surface area contributed by atoms with E-state index in [9.17, 15) is 19.4 Å². The van der Waals surface area contributed by atoms with Crippen molar-refractivity contribution in [3.63, 3.8) is 0 Å². The van der Waals surface area contributed by atoms with E-state index in [4.69, 9.17) is 16.3 Å². The molecule has 0 aliphatic heterocycles. The molecule has 0 aliphatic carbocycles. The van der Waals surface area contributed by atoms with Crippen molar-refractivity contribution in [2.75, 3.05) is 26.1 Å². The SMILES string of the molecule is COC(=O)c1cc(NC(=O)OCCc2ccc(B(O)c3ccc(Cl)cc3)cc2)cc(C(=O)OC)c1. The number of rotatable bonds is 8. The quantitative estimate of drug-likeness (QED) is 0.281. The predicted octanol–water partition coefficient (Wildman–Crippen LogP) is 2.80. The van der Waals surface area contributed by atoms with Crippen molar-refractivity contribution in [2.24, 2.45) is 0 Å². The molecule has 0 aliphatic rings. The van der Waals surface area contributed by atoms with Gasteiger partial charge in [0.25, 0.3) is 0 Å². The maximum Gasteiger partial charge on any atom is 0.411 e. The molecule has 3 rings (SSSR count). The molecular formula is C25H23BClNO7. The number of ether oxygens (including phenoxy) is 3. The summed E-state index contributed by atoms with van der Waals surface area (Å²) < 4.78 is 14.6. The first-order valence-corrected chi connectivity index (χ1v) is 11.0. The smallest absolute Gasteiger partial charge is 0.411 e. The largest absolute Gasteiger partial charge is 0.465 e. The molecule has 0 spiro atoms. The molecular weight excluding hydrogens is 473 g/mol. The van der Waals surface area contributed by atoms with E-state index in [1.807, 2.05) is 12.1 Å². The van der Waals surface area contributed by atoms with Gasteiger partial charge < -0.3 is 19.2 Å². The summed E-state index contributed by atoms with van der Waals surface area (Å²) in [5, 5.41) is 13.6. The Morgan fingerprint density at radius 3 is 1.89 bits per heavy atom. The zero-order chi connectivity index (χ0) is 25.4. The van der Waals surface area contributed by atoms with Gasteiger partial charge in [0, 0.05) is 17.1 Å². The number of nitrogens with one attached hydrogen (secondary N) is 1. The Balaban J connectivity index is 1.56. The number of methoxy groups -OCH3 is 2. The molecule has 0 bridgehead atoms. The summed E-state index contributed by atoms with van der Waals surface area (Å²) in [6, 6.07) is 18.3. The second-order valence-corrected chi connectivity index (χ2v) is 7.93. The molecule has 8 nitrogen and oxygen atoms in total. The molecule has 2 N–H and O–H groups in total. The highest BCUT2D eigenvalue weighted by atomic mass is 35.5. The van der Waals surface area contributed by atoms with Crippen LogP contribution in [-0.4, -0.2) is 50.8 Å². The molecule has 10 heteroatoms. The third kappa shape index (κ3) is 7.08. The van der Waals surface area contributed by atoms with E-state index in [2.05, 4.69) is 14.8 Å². The molecule has 0 heterocycles. The number of esters is 2. The van der Waals surface area contributed by atoms with Crippen molar-refractivity contribution >= 4 is 53.2 Å². The van der Waals surface area contributed by atoms with Gasteiger partial charge in [0.2, 0.25) is 0 Å². The summed E-state index contributed by atoms with van der Waals surface area (Å²) in [4.78, 5) is 35.9. The van der Waals surface area contributed by atoms with E-state index in [-0.39, 0.29) is 23.4 Å². The molecule has 1 amide bonds. The average Bonchev–Trinajstić information content (AvgIpc) is 2.88. The number of carbonyl (C=O) groups is 3. The minimum absolute atomic E-state index is 0.0755. The van der Waals surface area contributed by atoms with Gasteiger partial charge in [-0.25, -0.2) is 14.4 Å². The summed E-state index contributed by atoms with van der Waals surface area (Å²) in [6.45, 7) is -0.690. The van der Waals surface area contributed by atoms with Crippen LogP contribution in [0.3, 0.4) is 0 Å². The van der Waals surface area contributed by atoms with Gasteiger partial charge in [-0.2, -0.15) is 0 Å². The van der Waals surface area contributed by atoms with E-state index in [1.54, 1.807) is 36.4 Å². The number of amides is 1. The first-order valence-electron chi connectivity index (χ1n) is 10.6. The van der Waals surface area contributed by atoms with Crippen molar-refractivity contribution in [2.45, 2.75) is 6.42 Å². The summed E-state index contributed by atoms with van der Waals surface area (Å²) in [6.07, 6.45) is -0.307. The van der Waals surface area contributed by atoms with Crippen LogP contribution in [0.5, 0.6) is 0 Å². The predicted molar refractivity (Wildman–Crippen MR) is 133 cm³/mol. The molecule has 3 aromatic rings. The lowest BCUT2D eigenvalue weighted by molar-refractivity contribution is 0.0599. The van der Waals surface area contributed by atoms with E-state index < -0.39 is 24.9 Å². The Labute approximate surface area is 207 Å². The minimum atomic E-state index is -0.779. The highest BCUT2D eigenvalue weighted by Crippen LogP contribution is 2.17. The Bertz CT molecular complexity index is 1170. The highest BCUT2D eigenvalue weighted by molar-refractivity contribution is 6.78. The minimum Gasteiger partial charge on any atom is -0.465 e. The van der Waals surface area contributed by atoms with Crippen LogP contribution in [0.2, 0.25) is 5.02 Å². The third-order valence-electron chi connectivity index (χ3n) is 5.13. The van der Waals surface area contributed by atoms with Gasteiger partial charge in [-0.3, -0.25) is 5.32 Å². The van der Waals surface area contributed by atoms with E-state index in [0.717, 1.165) is 16.5 Å². The average molecular weight is 496 g/mol. The van der Waals surface area contributed by atoms with Crippen LogP contribution in [-0.2, 0) is 20.6 Å². The van der Waals surface area contributed by atoms with Crippen LogP contribution in [0, 0.1) is 0 Å². The first-order chi connectivity index (χ1) is 16.8. The van der Waals surface area contributed by atoms with Gasteiger partial charge >= 0.3 is 24.9 Å². The van der Waals surface area contributed by atoms with E-state index in [0.29, 0.717) is 11.4 Å². The topological polar surface area (TPSA) is 111 Å². The molecule has 0 fully saturated rings. The first kappa shape index (κ1) is 25.8. The Kier molecular flexibility index (Phi) is 8.89. The monoisotopic (exact) mass is 495 g/mol. The number of hydrogen-bond acceptors (Lipinski definition) is 7. The number of anilines is 1. The summed E-state index contributed by atoms with van der Waals surface area (Å²) >= 11 is 5.89. The second-order valence-electron chi connectivity index (χ2n) is 7.49. The summed E-state index contributed by atoms with van der Waals surface area (Å²) in [7, 11) is 2.42. The van der Waals surface area contributed by atoms with Gasteiger partial charge in [0.05, 0.1) is 32.0 Å². The van der Waals surface area contributed by atoms with Crippen LogP contribution in [0.1, 0.15) is 26.3 Å². The fourth-order valence-corrected chi connectivity index (χ4v) is 3.42. The van der Waals surface area contributed by atoms with Crippen molar-refractivity contribution in [1.82, 2.24) is 0 Å². The maximum absolute atomic E-state index is 12.2. The van der Waals surface area contributed by atoms with Gasteiger partial charge in [-0.15, -0.1) is 0 Å². The normalized spacial score (nSPS) is 10.3. The standard InChI is InChI=1S/C25H23BClNO7/c1-33-23(29)17-13-18(24(30)34-2)15-22(14-17)28-25(31)35-12-11-16-3-5-19(6-4-16)26(32)20-7-9-21(27)10-8-20/h3-10,13-15,32H,11-12H2,1-2H3,(H,28,31). The lowest BCUT2D eigenvalue weighted by atomic mass is 9.56. The van der Waals surface area contributed by atoms with Crippen LogP contribution in [0.25, 0.3) is 0 Å². The maximum atomic E-state index is 12.2. The Hall–Kier alpha value is -3.82. The number of hydrogen-bond donors (Lipinski definition) is 2. The zero-order valence-electron chi connectivity index (χ0n) is 19.1. The molecule has 180 valence electrons. The number of carbonyl (C=O) groups excluding carboxylic acids is 3.